The number of benzene rings is 3. The zero-order valence-electron chi connectivity index (χ0n) is 25.3. The SMILES string of the molecule is C=Cc1nc(N2CCc3cccc(C(=C)Nc4nc5ccccc5s4)c3C2)ccc1-c1cccc(OC2CCCCC2)c1C. The number of hydrogen-bond donors (Lipinski definition) is 1. The maximum absolute atomic E-state index is 6.49. The fourth-order valence-electron chi connectivity index (χ4n) is 6.60. The lowest BCUT2D eigenvalue weighted by Gasteiger charge is -2.32. The fourth-order valence-corrected chi connectivity index (χ4v) is 7.49. The molecule has 44 heavy (non-hydrogen) atoms. The molecule has 1 N–H and O–H groups in total. The Labute approximate surface area is 264 Å². The van der Waals surface area contributed by atoms with Crippen LogP contribution in [0.25, 0.3) is 33.1 Å². The Morgan fingerprint density at radius 2 is 1.80 bits per heavy atom. The van der Waals surface area contributed by atoms with Crippen LogP contribution < -0.4 is 15.0 Å². The fraction of sp³-hybridized carbons (Fsp3) is 0.263. The van der Waals surface area contributed by atoms with E-state index >= 15 is 0 Å². The largest absolute Gasteiger partial charge is 0.490 e. The third kappa shape index (κ3) is 5.62. The van der Waals surface area contributed by atoms with Crippen molar-refractivity contribution in [3.8, 4) is 16.9 Å². The van der Waals surface area contributed by atoms with Crippen LogP contribution in [0.3, 0.4) is 0 Å². The van der Waals surface area contributed by atoms with Gasteiger partial charge in [-0.25, -0.2) is 9.97 Å². The van der Waals surface area contributed by atoms with Crippen molar-refractivity contribution >= 4 is 44.3 Å². The first-order valence-electron chi connectivity index (χ1n) is 15.6. The molecule has 2 aliphatic rings. The predicted molar refractivity (Wildman–Crippen MR) is 185 cm³/mol. The van der Waals surface area contributed by atoms with Gasteiger partial charge in [0, 0.05) is 29.9 Å². The molecule has 0 saturated heterocycles. The molecule has 6 heteroatoms. The zero-order chi connectivity index (χ0) is 30.0. The number of nitrogens with zero attached hydrogens (tertiary/aromatic N) is 3. The average molecular weight is 599 g/mol. The molecule has 0 amide bonds. The van der Waals surface area contributed by atoms with E-state index in [0.717, 1.165) is 92.9 Å². The monoisotopic (exact) mass is 598 g/mol. The van der Waals surface area contributed by atoms with E-state index < -0.39 is 0 Å². The van der Waals surface area contributed by atoms with E-state index in [0.29, 0.717) is 6.10 Å². The Morgan fingerprint density at radius 1 is 0.955 bits per heavy atom. The maximum atomic E-state index is 6.49. The summed E-state index contributed by atoms with van der Waals surface area (Å²) in [5, 5.41) is 4.35. The molecule has 0 unspecified atom stereocenters. The van der Waals surface area contributed by atoms with Crippen molar-refractivity contribution in [3.63, 3.8) is 0 Å². The number of fused-ring (bicyclic) bond motifs is 2. The molecule has 222 valence electrons. The minimum absolute atomic E-state index is 0.316. The predicted octanol–water partition coefficient (Wildman–Crippen LogP) is 9.67. The van der Waals surface area contributed by atoms with Crippen molar-refractivity contribution in [2.45, 2.75) is 58.1 Å². The lowest BCUT2D eigenvalue weighted by molar-refractivity contribution is 0.154. The van der Waals surface area contributed by atoms with Crippen LogP contribution in [0.1, 0.15) is 60.1 Å². The first kappa shape index (κ1) is 28.4. The topological polar surface area (TPSA) is 50.3 Å². The highest BCUT2D eigenvalue weighted by Crippen LogP contribution is 2.36. The quantitative estimate of drug-likeness (QED) is 0.193. The van der Waals surface area contributed by atoms with Crippen molar-refractivity contribution in [1.29, 1.82) is 0 Å². The van der Waals surface area contributed by atoms with Crippen LogP contribution >= 0.6 is 11.3 Å². The van der Waals surface area contributed by atoms with E-state index in [1.165, 1.54) is 30.4 Å². The molecule has 0 atom stereocenters. The number of hydrogen-bond acceptors (Lipinski definition) is 6. The van der Waals surface area contributed by atoms with Crippen LogP contribution in [-0.4, -0.2) is 22.6 Å². The highest BCUT2D eigenvalue weighted by atomic mass is 32.1. The Kier molecular flexibility index (Phi) is 7.92. The second-order valence-corrected chi connectivity index (χ2v) is 12.8. The Balaban J connectivity index is 1.13. The Hall–Kier alpha value is -4.42. The number of para-hydroxylation sites is 1. The molecule has 1 aliphatic carbocycles. The summed E-state index contributed by atoms with van der Waals surface area (Å²) in [6.07, 6.45) is 9.26. The van der Waals surface area contributed by atoms with E-state index in [9.17, 15) is 0 Å². The molecule has 0 spiro atoms. The molecular formula is C38H38N4OS. The number of ether oxygens (including phenoxy) is 1. The van der Waals surface area contributed by atoms with Gasteiger partial charge in [-0.1, -0.05) is 73.4 Å². The molecule has 0 bridgehead atoms. The highest BCUT2D eigenvalue weighted by Gasteiger charge is 2.23. The molecule has 5 nitrogen and oxygen atoms in total. The summed E-state index contributed by atoms with van der Waals surface area (Å²) in [6.45, 7) is 12.4. The first-order chi connectivity index (χ1) is 21.6. The van der Waals surface area contributed by atoms with Crippen molar-refractivity contribution in [1.82, 2.24) is 9.97 Å². The lowest BCUT2D eigenvalue weighted by Crippen LogP contribution is -2.32. The van der Waals surface area contributed by atoms with E-state index in [4.69, 9.17) is 14.7 Å². The van der Waals surface area contributed by atoms with E-state index in [1.54, 1.807) is 11.3 Å². The van der Waals surface area contributed by atoms with Crippen LogP contribution in [0.5, 0.6) is 5.75 Å². The summed E-state index contributed by atoms with van der Waals surface area (Å²) in [4.78, 5) is 12.3. The van der Waals surface area contributed by atoms with E-state index in [-0.39, 0.29) is 0 Å². The summed E-state index contributed by atoms with van der Waals surface area (Å²) >= 11 is 1.65. The van der Waals surface area contributed by atoms with Crippen LogP contribution in [0, 0.1) is 6.92 Å². The molecule has 2 aromatic heterocycles. The van der Waals surface area contributed by atoms with Gasteiger partial charge in [0.25, 0.3) is 0 Å². The molecule has 7 rings (SSSR count). The van der Waals surface area contributed by atoms with Gasteiger partial charge < -0.3 is 15.0 Å². The van der Waals surface area contributed by atoms with Crippen molar-refractivity contribution < 1.29 is 4.74 Å². The lowest BCUT2D eigenvalue weighted by atomic mass is 9.93. The average Bonchev–Trinajstić information content (AvgIpc) is 3.48. The van der Waals surface area contributed by atoms with Gasteiger partial charge in [-0.2, -0.15) is 0 Å². The third-order valence-electron chi connectivity index (χ3n) is 9.00. The van der Waals surface area contributed by atoms with Gasteiger partial charge in [0.05, 0.1) is 22.0 Å². The summed E-state index contributed by atoms with van der Waals surface area (Å²) < 4.78 is 7.65. The van der Waals surface area contributed by atoms with Gasteiger partial charge in [0.15, 0.2) is 5.13 Å². The standard InChI is InChI=1S/C38H38N4OS/c1-4-33-31(29-15-11-18-35(25(29)2)43-28-13-6-5-7-14-28)20-21-37(40-33)42-23-22-27-12-10-16-30(32(27)24-42)26(3)39-38-41-34-17-8-9-19-36(34)44-38/h4,8-12,15-21,28H,1,3,5-7,13-14,22-24H2,2H3,(H,39,41). The number of aromatic nitrogens is 2. The number of pyridine rings is 1. The number of nitrogens with one attached hydrogen (secondary N) is 1. The van der Waals surface area contributed by atoms with Crippen molar-refractivity contribution in [2.24, 2.45) is 0 Å². The van der Waals surface area contributed by atoms with Crippen molar-refractivity contribution in [3.05, 3.63) is 114 Å². The molecule has 1 saturated carbocycles. The van der Waals surface area contributed by atoms with Crippen LogP contribution in [-0.2, 0) is 13.0 Å². The van der Waals surface area contributed by atoms with Crippen LogP contribution in [0.2, 0.25) is 0 Å². The molecule has 1 aliphatic heterocycles. The second-order valence-electron chi connectivity index (χ2n) is 11.8. The van der Waals surface area contributed by atoms with E-state index in [1.807, 2.05) is 24.3 Å². The maximum Gasteiger partial charge on any atom is 0.188 e. The molecule has 5 aromatic rings. The first-order valence-corrected chi connectivity index (χ1v) is 16.5. The van der Waals surface area contributed by atoms with Gasteiger partial charge in [-0.15, -0.1) is 0 Å². The van der Waals surface area contributed by atoms with Gasteiger partial charge in [-0.3, -0.25) is 0 Å². The highest BCUT2D eigenvalue weighted by molar-refractivity contribution is 7.22. The molecule has 3 aromatic carbocycles. The smallest absolute Gasteiger partial charge is 0.188 e. The Bertz CT molecular complexity index is 1820. The summed E-state index contributed by atoms with van der Waals surface area (Å²) in [7, 11) is 0. The number of rotatable bonds is 8. The van der Waals surface area contributed by atoms with Crippen molar-refractivity contribution in [2.75, 3.05) is 16.8 Å². The van der Waals surface area contributed by atoms with Crippen LogP contribution in [0.4, 0.5) is 10.9 Å². The third-order valence-corrected chi connectivity index (χ3v) is 9.95. The van der Waals surface area contributed by atoms with Gasteiger partial charge >= 0.3 is 0 Å². The molecule has 3 heterocycles. The van der Waals surface area contributed by atoms with Gasteiger partial charge in [-0.05, 0) is 97.7 Å². The van der Waals surface area contributed by atoms with E-state index in [2.05, 4.69) is 84.9 Å². The molecular weight excluding hydrogens is 561 g/mol. The number of anilines is 2. The van der Waals surface area contributed by atoms with Crippen LogP contribution in [0.15, 0.2) is 86.0 Å². The summed E-state index contributed by atoms with van der Waals surface area (Å²) in [5.41, 5.74) is 9.91. The molecule has 0 radical (unpaired) electrons. The van der Waals surface area contributed by atoms with Gasteiger partial charge in [0.1, 0.15) is 11.6 Å². The normalized spacial score (nSPS) is 15.2. The zero-order valence-corrected chi connectivity index (χ0v) is 26.1. The second kappa shape index (κ2) is 12.3. The minimum Gasteiger partial charge on any atom is -0.490 e. The minimum atomic E-state index is 0.316. The Morgan fingerprint density at radius 3 is 2.64 bits per heavy atom. The summed E-state index contributed by atoms with van der Waals surface area (Å²) in [6, 6.07) is 25.4. The molecule has 1 fully saturated rings. The summed E-state index contributed by atoms with van der Waals surface area (Å²) in [5.74, 6) is 1.94. The van der Waals surface area contributed by atoms with Gasteiger partial charge in [0.2, 0.25) is 0 Å². The number of thiazole rings is 1.